The Balaban J connectivity index is 1.31. The maximum absolute atomic E-state index is 15.2. The standard InChI is InChI=1S/C39H28Cl2FN3O8/c40-19-3-1-18(2-4-19)39-29(35(49)45(38(39)53)43-22-8-6-21(42)7-9-22)17-27-24(33(39)28-15-20(41)5-14-30(28)46)12-13-26-32(27)36(50)44(34(26)48)23-10-11-25(37(51)52)31(47)16-23/h1-12,14-16,26-27,29,32-33,43,46-47H,13,17H2,(H,51,52)/t26-,27+,29-,32-,33+,39+/m0/s1. The zero-order valence-electron chi connectivity index (χ0n) is 27.4. The van der Waals surface area contributed by atoms with E-state index >= 15 is 4.79 Å². The zero-order chi connectivity index (χ0) is 37.5. The smallest absolute Gasteiger partial charge is 0.339 e. The number of rotatable bonds is 6. The summed E-state index contributed by atoms with van der Waals surface area (Å²) in [5.41, 5.74) is 2.13. The molecule has 2 aliphatic carbocycles. The predicted octanol–water partition coefficient (Wildman–Crippen LogP) is 6.43. The van der Waals surface area contributed by atoms with E-state index in [0.717, 1.165) is 22.0 Å². The number of carboxylic acid groups (broad SMARTS) is 1. The molecule has 0 aromatic heterocycles. The molecule has 2 heterocycles. The number of carboxylic acids is 1. The van der Waals surface area contributed by atoms with E-state index in [-0.39, 0.29) is 40.6 Å². The van der Waals surface area contributed by atoms with E-state index in [2.05, 4.69) is 5.43 Å². The first-order chi connectivity index (χ1) is 25.3. The zero-order valence-corrected chi connectivity index (χ0v) is 28.9. The minimum absolute atomic E-state index is 0.0180. The number of imide groups is 2. The number of carbonyl (C=O) groups is 5. The number of benzene rings is 4. The van der Waals surface area contributed by atoms with Gasteiger partial charge < -0.3 is 15.3 Å². The number of aromatic carboxylic acids is 1. The van der Waals surface area contributed by atoms with Crippen LogP contribution >= 0.6 is 23.2 Å². The van der Waals surface area contributed by atoms with Gasteiger partial charge in [0, 0.05) is 27.6 Å². The van der Waals surface area contributed by atoms with Gasteiger partial charge in [0.05, 0.1) is 34.5 Å². The highest BCUT2D eigenvalue weighted by Gasteiger charge is 2.70. The van der Waals surface area contributed by atoms with Gasteiger partial charge in [-0.1, -0.05) is 47.0 Å². The van der Waals surface area contributed by atoms with Crippen molar-refractivity contribution in [1.29, 1.82) is 0 Å². The van der Waals surface area contributed by atoms with Gasteiger partial charge in [0.15, 0.2) is 0 Å². The van der Waals surface area contributed by atoms with Crippen molar-refractivity contribution in [3.05, 3.63) is 129 Å². The molecular weight excluding hydrogens is 728 g/mol. The summed E-state index contributed by atoms with van der Waals surface area (Å²) < 4.78 is 13.8. The van der Waals surface area contributed by atoms with Crippen molar-refractivity contribution in [1.82, 2.24) is 5.01 Å². The Morgan fingerprint density at radius 3 is 2.19 bits per heavy atom. The van der Waals surface area contributed by atoms with E-state index in [4.69, 9.17) is 23.2 Å². The molecule has 6 atom stereocenters. The number of hydrogen-bond donors (Lipinski definition) is 4. The largest absolute Gasteiger partial charge is 0.508 e. The summed E-state index contributed by atoms with van der Waals surface area (Å²) >= 11 is 12.8. The highest BCUT2D eigenvalue weighted by atomic mass is 35.5. The van der Waals surface area contributed by atoms with Crippen LogP contribution in [-0.4, -0.2) is 49.9 Å². The van der Waals surface area contributed by atoms with Crippen LogP contribution in [0.1, 0.15) is 40.2 Å². The number of hydrogen-bond acceptors (Lipinski definition) is 8. The fraction of sp³-hybridized carbons (Fsp3) is 0.205. The molecule has 2 saturated heterocycles. The summed E-state index contributed by atoms with van der Waals surface area (Å²) in [5, 5.41) is 32.8. The molecule has 4 aromatic rings. The number of phenols is 2. The van der Waals surface area contributed by atoms with Crippen LogP contribution in [0.4, 0.5) is 15.8 Å². The van der Waals surface area contributed by atoms with Gasteiger partial charge in [-0.3, -0.25) is 24.6 Å². The maximum Gasteiger partial charge on any atom is 0.339 e. The van der Waals surface area contributed by atoms with Gasteiger partial charge >= 0.3 is 5.97 Å². The second kappa shape index (κ2) is 12.5. The van der Waals surface area contributed by atoms with Gasteiger partial charge in [0.25, 0.3) is 11.8 Å². The number of aromatic hydroxyl groups is 2. The number of anilines is 2. The number of halogens is 3. The second-order valence-electron chi connectivity index (χ2n) is 13.6. The van der Waals surface area contributed by atoms with Crippen molar-refractivity contribution in [2.75, 3.05) is 10.3 Å². The Morgan fingerprint density at radius 1 is 0.811 bits per heavy atom. The fourth-order valence-corrected chi connectivity index (χ4v) is 9.16. The van der Waals surface area contributed by atoms with E-state index < -0.39 is 81.7 Å². The summed E-state index contributed by atoms with van der Waals surface area (Å²) in [7, 11) is 0. The second-order valence-corrected chi connectivity index (χ2v) is 14.5. The van der Waals surface area contributed by atoms with Crippen LogP contribution in [-0.2, 0) is 24.6 Å². The third kappa shape index (κ3) is 5.11. The quantitative estimate of drug-likeness (QED) is 0.128. The first-order valence-electron chi connectivity index (χ1n) is 16.6. The molecule has 4 aliphatic rings. The van der Waals surface area contributed by atoms with Crippen molar-refractivity contribution < 1.29 is 43.7 Å². The van der Waals surface area contributed by atoms with E-state index in [9.17, 15) is 38.9 Å². The first-order valence-corrected chi connectivity index (χ1v) is 17.4. The lowest BCUT2D eigenvalue weighted by molar-refractivity contribution is -0.138. The molecule has 1 saturated carbocycles. The van der Waals surface area contributed by atoms with Crippen LogP contribution < -0.4 is 10.3 Å². The number of nitrogens with one attached hydrogen (secondary N) is 1. The number of carbonyl (C=O) groups excluding carboxylic acids is 4. The van der Waals surface area contributed by atoms with Crippen molar-refractivity contribution >= 4 is 64.2 Å². The molecule has 53 heavy (non-hydrogen) atoms. The number of hydrazine groups is 1. The lowest BCUT2D eigenvalue weighted by atomic mass is 9.49. The van der Waals surface area contributed by atoms with Crippen molar-refractivity contribution in [2.24, 2.45) is 23.7 Å². The normalized spacial score (nSPS) is 26.2. The topological polar surface area (TPSA) is 165 Å². The summed E-state index contributed by atoms with van der Waals surface area (Å²) in [6, 6.07) is 19.3. The highest BCUT2D eigenvalue weighted by molar-refractivity contribution is 6.31. The molecular formula is C39H28Cl2FN3O8. The van der Waals surface area contributed by atoms with Crippen LogP contribution in [0.25, 0.3) is 0 Å². The number of phenolic OH excluding ortho intramolecular Hbond substituents is 1. The average molecular weight is 757 g/mol. The lowest BCUT2D eigenvalue weighted by Crippen LogP contribution is -2.53. The third-order valence-electron chi connectivity index (χ3n) is 11.0. The monoisotopic (exact) mass is 755 g/mol. The highest BCUT2D eigenvalue weighted by Crippen LogP contribution is 2.65. The molecule has 2 aliphatic heterocycles. The predicted molar refractivity (Wildman–Crippen MR) is 190 cm³/mol. The van der Waals surface area contributed by atoms with Gasteiger partial charge in [0.2, 0.25) is 11.8 Å². The summed E-state index contributed by atoms with van der Waals surface area (Å²) in [6.45, 7) is 0. The molecule has 3 fully saturated rings. The van der Waals surface area contributed by atoms with E-state index in [1.165, 1.54) is 48.5 Å². The van der Waals surface area contributed by atoms with Crippen molar-refractivity contribution in [3.8, 4) is 11.5 Å². The third-order valence-corrected chi connectivity index (χ3v) is 11.5. The number of fused-ring (bicyclic) bond motifs is 4. The van der Waals surface area contributed by atoms with Crippen molar-refractivity contribution in [2.45, 2.75) is 24.2 Å². The molecule has 0 bridgehead atoms. The minimum Gasteiger partial charge on any atom is -0.508 e. The Labute approximate surface area is 310 Å². The van der Waals surface area contributed by atoms with Crippen LogP contribution in [0.3, 0.4) is 0 Å². The molecule has 14 heteroatoms. The minimum atomic E-state index is -1.73. The molecule has 11 nitrogen and oxygen atoms in total. The molecule has 8 rings (SSSR count). The van der Waals surface area contributed by atoms with E-state index in [0.29, 0.717) is 16.2 Å². The Morgan fingerprint density at radius 2 is 1.51 bits per heavy atom. The Hall–Kier alpha value is -5.72. The number of allylic oxidation sites excluding steroid dienone is 2. The summed E-state index contributed by atoms with van der Waals surface area (Å²) in [6.07, 6.45) is 1.80. The molecule has 268 valence electrons. The van der Waals surface area contributed by atoms with Gasteiger partial charge in [-0.05, 0) is 91.1 Å². The van der Waals surface area contributed by atoms with Crippen LogP contribution in [0.2, 0.25) is 10.0 Å². The average Bonchev–Trinajstić information content (AvgIpc) is 3.51. The number of nitrogens with zero attached hydrogens (tertiary/aromatic N) is 2. The number of amides is 4. The molecule has 4 N–H and O–H groups in total. The molecule has 4 aromatic carbocycles. The van der Waals surface area contributed by atoms with Gasteiger partial charge in [-0.25, -0.2) is 14.1 Å². The first kappa shape index (κ1) is 34.4. The van der Waals surface area contributed by atoms with Crippen LogP contribution in [0.15, 0.2) is 96.6 Å². The van der Waals surface area contributed by atoms with E-state index in [1.54, 1.807) is 30.3 Å². The molecule has 0 radical (unpaired) electrons. The summed E-state index contributed by atoms with van der Waals surface area (Å²) in [5.74, 6) is -10.2. The van der Waals surface area contributed by atoms with Crippen LogP contribution in [0, 0.1) is 29.5 Å². The van der Waals surface area contributed by atoms with Gasteiger partial charge in [-0.2, -0.15) is 5.01 Å². The Kier molecular flexibility index (Phi) is 8.08. The van der Waals surface area contributed by atoms with Crippen LogP contribution in [0.5, 0.6) is 11.5 Å². The molecule has 0 spiro atoms. The maximum atomic E-state index is 15.2. The lowest BCUT2D eigenvalue weighted by Gasteiger charge is -2.50. The van der Waals surface area contributed by atoms with Gasteiger partial charge in [0.1, 0.15) is 22.9 Å². The molecule has 0 unspecified atom stereocenters. The Bertz CT molecular complexity index is 2300. The summed E-state index contributed by atoms with van der Waals surface area (Å²) in [4.78, 5) is 70.8. The SMILES string of the molecule is O=C(O)c1ccc(N2C(=O)[C@H]3[C@H](CC=C4[C@H]3C[C@H]3C(=O)N(Nc5ccc(F)cc5)C(=O)[C@@]3(c3ccc(Cl)cc3)[C@H]4c3cc(Cl)ccc3O)C2=O)cc1O. The van der Waals surface area contributed by atoms with Crippen molar-refractivity contribution in [3.63, 3.8) is 0 Å². The fourth-order valence-electron chi connectivity index (χ4n) is 8.85. The molecule has 4 amide bonds. The van der Waals surface area contributed by atoms with E-state index in [1.807, 2.05) is 0 Å². The van der Waals surface area contributed by atoms with Gasteiger partial charge in [-0.15, -0.1) is 0 Å².